The zero-order valence-electron chi connectivity index (χ0n) is 18.8. The van der Waals surface area contributed by atoms with Crippen molar-refractivity contribution in [3.63, 3.8) is 0 Å². The van der Waals surface area contributed by atoms with Crippen molar-refractivity contribution in [2.75, 3.05) is 6.54 Å². The summed E-state index contributed by atoms with van der Waals surface area (Å²) in [5, 5.41) is 3.84. The summed E-state index contributed by atoms with van der Waals surface area (Å²) in [5.74, 6) is 0. The van der Waals surface area contributed by atoms with Crippen LogP contribution in [0.2, 0.25) is 0 Å². The Labute approximate surface area is 192 Å². The van der Waals surface area contributed by atoms with E-state index in [4.69, 9.17) is 0 Å². The molecule has 1 aliphatic heterocycles. The third-order valence-corrected chi connectivity index (χ3v) is 7.23. The van der Waals surface area contributed by atoms with E-state index in [0.717, 1.165) is 13.0 Å². The van der Waals surface area contributed by atoms with Gasteiger partial charge >= 0.3 is 0 Å². The molecule has 160 valence electrons. The summed E-state index contributed by atoms with van der Waals surface area (Å²) in [5.41, 5.74) is 7.88. The molecule has 4 aromatic carbocycles. The van der Waals surface area contributed by atoms with Crippen LogP contribution in [0.3, 0.4) is 0 Å². The molecule has 0 amide bonds. The summed E-state index contributed by atoms with van der Waals surface area (Å²) in [7, 11) is 0. The third kappa shape index (κ3) is 3.78. The minimum atomic E-state index is -0.0268. The highest BCUT2D eigenvalue weighted by Crippen LogP contribution is 2.43. The lowest BCUT2D eigenvalue weighted by atomic mass is 9.66. The molecule has 1 saturated heterocycles. The van der Waals surface area contributed by atoms with Gasteiger partial charge in [-0.15, -0.1) is 0 Å². The predicted molar refractivity (Wildman–Crippen MR) is 136 cm³/mol. The van der Waals surface area contributed by atoms with E-state index < -0.39 is 0 Å². The van der Waals surface area contributed by atoms with E-state index >= 15 is 0 Å². The second-order valence-corrected chi connectivity index (χ2v) is 8.86. The lowest BCUT2D eigenvalue weighted by molar-refractivity contribution is 0.364. The van der Waals surface area contributed by atoms with Crippen LogP contribution < -0.4 is 5.32 Å². The normalized spacial score (nSPS) is 16.2. The minimum Gasteiger partial charge on any atom is -0.313 e. The fourth-order valence-corrected chi connectivity index (χ4v) is 5.51. The Hall–Kier alpha value is -3.16. The summed E-state index contributed by atoms with van der Waals surface area (Å²) in [6, 6.07) is 40.4. The summed E-state index contributed by atoms with van der Waals surface area (Å²) in [6.07, 6.45) is 3.53. The summed E-state index contributed by atoms with van der Waals surface area (Å²) in [6.45, 7) is 3.45. The fraction of sp³-hybridized carbons (Fsp3) is 0.226. The first-order valence-corrected chi connectivity index (χ1v) is 11.9. The van der Waals surface area contributed by atoms with Gasteiger partial charge in [0.2, 0.25) is 0 Å². The van der Waals surface area contributed by atoms with Gasteiger partial charge in [0.05, 0.1) is 0 Å². The Morgan fingerprint density at radius 3 is 1.44 bits per heavy atom. The topological polar surface area (TPSA) is 12.0 Å². The number of rotatable bonds is 6. The molecule has 5 rings (SSSR count). The quantitative estimate of drug-likeness (QED) is 0.343. The molecule has 1 atom stereocenters. The van der Waals surface area contributed by atoms with Crippen LogP contribution in [0, 0.1) is 0 Å². The molecule has 1 fully saturated rings. The van der Waals surface area contributed by atoms with Crippen molar-refractivity contribution in [3.8, 4) is 22.3 Å². The average Bonchev–Trinajstić information content (AvgIpc) is 3.42. The molecular formula is C31H31N. The van der Waals surface area contributed by atoms with Crippen molar-refractivity contribution >= 4 is 0 Å². The summed E-state index contributed by atoms with van der Waals surface area (Å²) in [4.78, 5) is 0. The van der Waals surface area contributed by atoms with Crippen LogP contribution in [0.5, 0.6) is 0 Å². The molecule has 4 aromatic rings. The molecule has 0 saturated carbocycles. The van der Waals surface area contributed by atoms with E-state index in [0.29, 0.717) is 6.04 Å². The van der Waals surface area contributed by atoms with E-state index in [1.165, 1.54) is 46.2 Å². The van der Waals surface area contributed by atoms with E-state index in [2.05, 4.69) is 121 Å². The molecular weight excluding hydrogens is 386 g/mol. The van der Waals surface area contributed by atoms with Crippen LogP contribution in [0.25, 0.3) is 22.3 Å². The minimum absolute atomic E-state index is 0.0268. The van der Waals surface area contributed by atoms with Gasteiger partial charge in [0.25, 0.3) is 0 Å². The van der Waals surface area contributed by atoms with E-state index in [9.17, 15) is 0 Å². The third-order valence-electron chi connectivity index (χ3n) is 7.23. The largest absolute Gasteiger partial charge is 0.313 e. The highest BCUT2D eigenvalue weighted by atomic mass is 15.0. The maximum absolute atomic E-state index is 3.84. The molecule has 0 aliphatic carbocycles. The maximum Gasteiger partial charge on any atom is 0.0353 e. The molecule has 1 unspecified atom stereocenters. The van der Waals surface area contributed by atoms with Crippen molar-refractivity contribution in [1.29, 1.82) is 0 Å². The van der Waals surface area contributed by atoms with Gasteiger partial charge in [0.15, 0.2) is 0 Å². The molecule has 0 radical (unpaired) electrons. The van der Waals surface area contributed by atoms with Gasteiger partial charge in [-0.1, -0.05) is 116 Å². The lowest BCUT2D eigenvalue weighted by Gasteiger charge is -2.40. The molecule has 1 heteroatoms. The molecule has 0 aromatic heterocycles. The number of nitrogens with one attached hydrogen (secondary N) is 1. The second-order valence-electron chi connectivity index (χ2n) is 8.86. The van der Waals surface area contributed by atoms with Gasteiger partial charge in [0.1, 0.15) is 0 Å². The van der Waals surface area contributed by atoms with Crippen molar-refractivity contribution in [3.05, 3.63) is 120 Å². The SMILES string of the molecule is CCC(c1ccc(-c2ccccc2)cc1)(c1ccc(-c2ccccc2)cc1)C1CCCN1. The molecule has 1 aliphatic rings. The first-order valence-electron chi connectivity index (χ1n) is 11.9. The number of hydrogen-bond acceptors (Lipinski definition) is 1. The zero-order valence-corrected chi connectivity index (χ0v) is 18.8. The highest BCUT2D eigenvalue weighted by Gasteiger charge is 2.41. The van der Waals surface area contributed by atoms with Crippen LogP contribution in [0.15, 0.2) is 109 Å². The Kier molecular flexibility index (Phi) is 5.92. The number of benzene rings is 4. The molecule has 1 N–H and O–H groups in total. The van der Waals surface area contributed by atoms with Gasteiger partial charge in [-0.3, -0.25) is 0 Å². The average molecular weight is 418 g/mol. The van der Waals surface area contributed by atoms with Crippen molar-refractivity contribution in [2.24, 2.45) is 0 Å². The highest BCUT2D eigenvalue weighted by molar-refractivity contribution is 5.66. The maximum atomic E-state index is 3.84. The molecule has 0 bridgehead atoms. The standard InChI is InChI=1S/C31H31N/c1-2-31(30-14-9-23-32-30,28-19-15-26(16-20-28)24-10-5-3-6-11-24)29-21-17-27(18-22-29)25-12-7-4-8-13-25/h3-8,10-13,15-22,30,32H,2,9,14,23H2,1H3. The van der Waals surface area contributed by atoms with Crippen LogP contribution in [-0.4, -0.2) is 12.6 Å². The van der Waals surface area contributed by atoms with Crippen molar-refractivity contribution in [2.45, 2.75) is 37.6 Å². The van der Waals surface area contributed by atoms with E-state index in [-0.39, 0.29) is 5.41 Å². The van der Waals surface area contributed by atoms with Gasteiger partial charge < -0.3 is 5.32 Å². The van der Waals surface area contributed by atoms with Gasteiger partial charge in [-0.2, -0.15) is 0 Å². The first-order chi connectivity index (χ1) is 15.8. The molecule has 1 heterocycles. The van der Waals surface area contributed by atoms with Crippen LogP contribution in [0.1, 0.15) is 37.3 Å². The van der Waals surface area contributed by atoms with Gasteiger partial charge in [-0.25, -0.2) is 0 Å². The van der Waals surface area contributed by atoms with E-state index in [1.54, 1.807) is 0 Å². The second kappa shape index (κ2) is 9.14. The lowest BCUT2D eigenvalue weighted by Crippen LogP contribution is -2.45. The van der Waals surface area contributed by atoms with E-state index in [1.807, 2.05) is 0 Å². The monoisotopic (exact) mass is 417 g/mol. The van der Waals surface area contributed by atoms with Crippen LogP contribution in [-0.2, 0) is 5.41 Å². The Morgan fingerprint density at radius 1 is 0.625 bits per heavy atom. The molecule has 0 spiro atoms. The van der Waals surface area contributed by atoms with Crippen LogP contribution >= 0.6 is 0 Å². The summed E-state index contributed by atoms with van der Waals surface area (Å²) >= 11 is 0. The number of hydrogen-bond donors (Lipinski definition) is 1. The van der Waals surface area contributed by atoms with Crippen molar-refractivity contribution in [1.82, 2.24) is 5.32 Å². The smallest absolute Gasteiger partial charge is 0.0353 e. The van der Waals surface area contributed by atoms with Gasteiger partial charge in [0, 0.05) is 11.5 Å². The zero-order chi connectivity index (χ0) is 21.8. The Balaban J connectivity index is 1.56. The summed E-state index contributed by atoms with van der Waals surface area (Å²) < 4.78 is 0. The van der Waals surface area contributed by atoms with Gasteiger partial charge in [-0.05, 0) is 59.2 Å². The Morgan fingerprint density at radius 2 is 1.06 bits per heavy atom. The molecule has 32 heavy (non-hydrogen) atoms. The van der Waals surface area contributed by atoms with Crippen molar-refractivity contribution < 1.29 is 0 Å². The van der Waals surface area contributed by atoms with Crippen LogP contribution in [0.4, 0.5) is 0 Å². The molecule has 1 nitrogen and oxygen atoms in total. The first kappa shape index (κ1) is 20.7. The predicted octanol–water partition coefficient (Wildman–Crippen LogP) is 7.47. The Bertz CT molecular complexity index is 1040. The fourth-order valence-electron chi connectivity index (χ4n) is 5.51.